The van der Waals surface area contributed by atoms with Gasteiger partial charge in [-0.15, -0.1) is 0 Å². The Morgan fingerprint density at radius 3 is 2.50 bits per heavy atom. The summed E-state index contributed by atoms with van der Waals surface area (Å²) in [5.74, 6) is -0.699. The van der Waals surface area contributed by atoms with E-state index < -0.39 is 12.0 Å². The van der Waals surface area contributed by atoms with Gasteiger partial charge in [0, 0.05) is 5.56 Å². The van der Waals surface area contributed by atoms with Gasteiger partial charge in [-0.1, -0.05) is 37.3 Å². The minimum Gasteiger partial charge on any atom is -0.467 e. The van der Waals surface area contributed by atoms with E-state index in [2.05, 4.69) is 10.1 Å². The molecule has 104 valence electrons. The number of hydrogen-bond acceptors (Lipinski definition) is 3. The highest BCUT2D eigenvalue weighted by molar-refractivity contribution is 6.00. The van der Waals surface area contributed by atoms with Gasteiger partial charge in [0.2, 0.25) is 0 Å². The van der Waals surface area contributed by atoms with E-state index in [0.717, 1.165) is 10.8 Å². The number of nitrogens with one attached hydrogen (secondary N) is 1. The van der Waals surface area contributed by atoms with Gasteiger partial charge in [-0.3, -0.25) is 4.79 Å². The first-order valence-electron chi connectivity index (χ1n) is 6.53. The Morgan fingerprint density at radius 1 is 1.15 bits per heavy atom. The molecule has 0 saturated carbocycles. The molecule has 0 fully saturated rings. The zero-order chi connectivity index (χ0) is 14.5. The van der Waals surface area contributed by atoms with Crippen molar-refractivity contribution in [3.63, 3.8) is 0 Å². The second kappa shape index (κ2) is 6.19. The van der Waals surface area contributed by atoms with Crippen molar-refractivity contribution in [1.29, 1.82) is 0 Å². The molecule has 20 heavy (non-hydrogen) atoms. The first kappa shape index (κ1) is 14.1. The van der Waals surface area contributed by atoms with Crippen molar-refractivity contribution in [2.24, 2.45) is 0 Å². The molecule has 0 spiro atoms. The molecule has 0 aliphatic rings. The third-order valence-corrected chi connectivity index (χ3v) is 3.21. The molecular weight excluding hydrogens is 254 g/mol. The van der Waals surface area contributed by atoms with Crippen molar-refractivity contribution < 1.29 is 14.3 Å². The number of fused-ring (bicyclic) bond motifs is 1. The van der Waals surface area contributed by atoms with E-state index in [1.807, 2.05) is 43.3 Å². The number of rotatable bonds is 4. The Bertz CT molecular complexity index is 636. The number of amides is 1. The Kier molecular flexibility index (Phi) is 4.35. The van der Waals surface area contributed by atoms with Gasteiger partial charge in [0.15, 0.2) is 0 Å². The summed E-state index contributed by atoms with van der Waals surface area (Å²) in [4.78, 5) is 23.6. The monoisotopic (exact) mass is 271 g/mol. The molecule has 4 heteroatoms. The Labute approximate surface area is 117 Å². The van der Waals surface area contributed by atoms with Gasteiger partial charge in [0.25, 0.3) is 5.91 Å². The van der Waals surface area contributed by atoms with Gasteiger partial charge < -0.3 is 10.1 Å². The van der Waals surface area contributed by atoms with Gasteiger partial charge in [0.1, 0.15) is 6.04 Å². The quantitative estimate of drug-likeness (QED) is 0.869. The highest BCUT2D eigenvalue weighted by atomic mass is 16.5. The lowest BCUT2D eigenvalue weighted by atomic mass is 10.1. The molecule has 0 bridgehead atoms. The molecule has 1 N–H and O–H groups in total. The molecular formula is C16H17NO3. The van der Waals surface area contributed by atoms with Crippen LogP contribution in [0, 0.1) is 0 Å². The van der Waals surface area contributed by atoms with E-state index in [4.69, 9.17) is 0 Å². The smallest absolute Gasteiger partial charge is 0.328 e. The van der Waals surface area contributed by atoms with Crippen molar-refractivity contribution in [2.45, 2.75) is 19.4 Å². The number of hydrogen-bond donors (Lipinski definition) is 1. The summed E-state index contributed by atoms with van der Waals surface area (Å²) < 4.78 is 4.66. The summed E-state index contributed by atoms with van der Waals surface area (Å²) in [6.45, 7) is 1.82. The molecule has 1 atom stereocenters. The minimum absolute atomic E-state index is 0.270. The molecule has 0 aliphatic heterocycles. The first-order valence-corrected chi connectivity index (χ1v) is 6.53. The van der Waals surface area contributed by atoms with Crippen LogP contribution in [0.2, 0.25) is 0 Å². The maximum Gasteiger partial charge on any atom is 0.328 e. The summed E-state index contributed by atoms with van der Waals surface area (Å²) in [7, 11) is 1.31. The summed E-state index contributed by atoms with van der Waals surface area (Å²) >= 11 is 0. The predicted octanol–water partition coefficient (Wildman–Crippen LogP) is 2.52. The van der Waals surface area contributed by atoms with Gasteiger partial charge in [-0.25, -0.2) is 4.79 Å². The third-order valence-electron chi connectivity index (χ3n) is 3.21. The highest BCUT2D eigenvalue weighted by Gasteiger charge is 2.20. The van der Waals surface area contributed by atoms with Crippen molar-refractivity contribution in [3.05, 3.63) is 48.0 Å². The SMILES string of the molecule is CC[C@H](NC(=O)c1ccc2ccccc2c1)C(=O)OC. The van der Waals surface area contributed by atoms with Crippen molar-refractivity contribution in [2.75, 3.05) is 7.11 Å². The van der Waals surface area contributed by atoms with Crippen molar-refractivity contribution in [3.8, 4) is 0 Å². The van der Waals surface area contributed by atoms with Crippen LogP contribution in [0.1, 0.15) is 23.7 Å². The van der Waals surface area contributed by atoms with E-state index >= 15 is 0 Å². The Morgan fingerprint density at radius 2 is 1.85 bits per heavy atom. The van der Waals surface area contributed by atoms with Crippen molar-refractivity contribution in [1.82, 2.24) is 5.32 Å². The molecule has 2 aromatic carbocycles. The van der Waals surface area contributed by atoms with Crippen LogP contribution in [0.5, 0.6) is 0 Å². The lowest BCUT2D eigenvalue weighted by molar-refractivity contribution is -0.142. The molecule has 0 radical (unpaired) electrons. The van der Waals surface area contributed by atoms with E-state index in [1.54, 1.807) is 6.07 Å². The summed E-state index contributed by atoms with van der Waals surface area (Å²) in [6, 6.07) is 12.7. The summed E-state index contributed by atoms with van der Waals surface area (Å²) in [5, 5.41) is 4.75. The second-order valence-electron chi connectivity index (χ2n) is 4.52. The maximum atomic E-state index is 12.2. The van der Waals surface area contributed by atoms with Crippen LogP contribution in [0.15, 0.2) is 42.5 Å². The highest BCUT2D eigenvalue weighted by Crippen LogP contribution is 2.15. The van der Waals surface area contributed by atoms with Gasteiger partial charge in [0.05, 0.1) is 7.11 Å². The minimum atomic E-state index is -0.612. The van der Waals surface area contributed by atoms with Crippen LogP contribution in [0.25, 0.3) is 10.8 Å². The fourth-order valence-corrected chi connectivity index (χ4v) is 2.04. The lowest BCUT2D eigenvalue weighted by Gasteiger charge is -2.14. The predicted molar refractivity (Wildman–Crippen MR) is 77.5 cm³/mol. The summed E-state index contributed by atoms with van der Waals surface area (Å²) in [5.41, 5.74) is 0.533. The first-order chi connectivity index (χ1) is 9.65. The number of benzene rings is 2. The lowest BCUT2D eigenvalue weighted by Crippen LogP contribution is -2.41. The standard InChI is InChI=1S/C16H17NO3/c1-3-14(16(19)20-2)17-15(18)13-9-8-11-6-4-5-7-12(11)10-13/h4-10,14H,3H2,1-2H3,(H,17,18)/t14-/m0/s1. The molecule has 1 amide bonds. The molecule has 0 aliphatic carbocycles. The Hall–Kier alpha value is -2.36. The number of esters is 1. The zero-order valence-corrected chi connectivity index (χ0v) is 11.6. The van der Waals surface area contributed by atoms with E-state index in [1.165, 1.54) is 7.11 Å². The van der Waals surface area contributed by atoms with E-state index in [-0.39, 0.29) is 5.91 Å². The van der Waals surface area contributed by atoms with Crippen LogP contribution < -0.4 is 5.32 Å². The molecule has 0 saturated heterocycles. The fraction of sp³-hybridized carbons (Fsp3) is 0.250. The van der Waals surface area contributed by atoms with Gasteiger partial charge in [-0.05, 0) is 29.3 Å². The number of ether oxygens (including phenoxy) is 1. The molecule has 2 aromatic rings. The van der Waals surface area contributed by atoms with Gasteiger partial charge >= 0.3 is 5.97 Å². The topological polar surface area (TPSA) is 55.4 Å². The second-order valence-corrected chi connectivity index (χ2v) is 4.52. The Balaban J connectivity index is 2.20. The average molecular weight is 271 g/mol. The van der Waals surface area contributed by atoms with E-state index in [9.17, 15) is 9.59 Å². The van der Waals surface area contributed by atoms with E-state index in [0.29, 0.717) is 12.0 Å². The largest absolute Gasteiger partial charge is 0.467 e. The molecule has 0 aromatic heterocycles. The zero-order valence-electron chi connectivity index (χ0n) is 11.6. The third kappa shape index (κ3) is 2.96. The van der Waals surface area contributed by atoms with Crippen LogP contribution >= 0.6 is 0 Å². The van der Waals surface area contributed by atoms with Crippen LogP contribution in [-0.4, -0.2) is 25.0 Å². The number of carbonyl (C=O) groups excluding carboxylic acids is 2. The summed E-state index contributed by atoms with van der Waals surface area (Å²) in [6.07, 6.45) is 0.492. The normalized spacial score (nSPS) is 11.9. The average Bonchev–Trinajstić information content (AvgIpc) is 2.51. The van der Waals surface area contributed by atoms with Crippen LogP contribution in [0.3, 0.4) is 0 Å². The van der Waals surface area contributed by atoms with Crippen LogP contribution in [-0.2, 0) is 9.53 Å². The fourth-order valence-electron chi connectivity index (χ4n) is 2.04. The molecule has 4 nitrogen and oxygen atoms in total. The number of carbonyl (C=O) groups is 2. The number of methoxy groups -OCH3 is 1. The van der Waals surface area contributed by atoms with Crippen LogP contribution in [0.4, 0.5) is 0 Å². The van der Waals surface area contributed by atoms with Gasteiger partial charge in [-0.2, -0.15) is 0 Å². The molecule has 0 heterocycles. The molecule has 0 unspecified atom stereocenters. The molecule has 2 rings (SSSR count). The van der Waals surface area contributed by atoms with Crippen molar-refractivity contribution >= 4 is 22.6 Å². The maximum absolute atomic E-state index is 12.2.